The van der Waals surface area contributed by atoms with Crippen LogP contribution < -0.4 is 5.32 Å². The van der Waals surface area contributed by atoms with Crippen molar-refractivity contribution >= 4 is 27.4 Å². The van der Waals surface area contributed by atoms with Crippen LogP contribution >= 0.6 is 12.2 Å². The summed E-state index contributed by atoms with van der Waals surface area (Å²) in [5, 5.41) is 3.72. The topological polar surface area (TPSA) is 52.6 Å². The second kappa shape index (κ2) is 7.42. The Hall–Kier alpha value is -1.44. The first-order chi connectivity index (χ1) is 10.9. The highest BCUT2D eigenvalue weighted by atomic mass is 32.2. The number of nitrogens with one attached hydrogen (secondary N) is 1. The molecule has 1 aromatic carbocycles. The van der Waals surface area contributed by atoms with Gasteiger partial charge in [-0.15, -0.1) is 6.58 Å². The third kappa shape index (κ3) is 4.10. The van der Waals surface area contributed by atoms with Gasteiger partial charge in [-0.25, -0.2) is 8.42 Å². The highest BCUT2D eigenvalue weighted by Crippen LogP contribution is 2.20. The van der Waals surface area contributed by atoms with Crippen molar-refractivity contribution < 1.29 is 8.42 Å². The summed E-state index contributed by atoms with van der Waals surface area (Å²) in [6.45, 7) is 10.2. The highest BCUT2D eigenvalue weighted by Gasteiger charge is 2.29. The predicted octanol–water partition coefficient (Wildman–Crippen LogP) is 1.67. The summed E-state index contributed by atoms with van der Waals surface area (Å²) < 4.78 is 27.0. The van der Waals surface area contributed by atoms with E-state index < -0.39 is 10.0 Å². The number of aryl methyl sites for hydroxylation is 2. The molecule has 1 aliphatic rings. The van der Waals surface area contributed by atoms with E-state index in [1.54, 1.807) is 18.2 Å². The zero-order chi connectivity index (χ0) is 17.0. The van der Waals surface area contributed by atoms with Crippen LogP contribution in [0.2, 0.25) is 0 Å². The van der Waals surface area contributed by atoms with Crippen molar-refractivity contribution in [3.05, 3.63) is 42.0 Å². The standard InChI is InChI=1S/C16H23N3O2S2/c1-4-7-17-16(22)18-8-10-19(11-9-18)23(20,21)15-6-5-13(2)14(3)12-15/h4-6,12H,1,7-11H2,2-3H3,(H,17,22). The van der Waals surface area contributed by atoms with Gasteiger partial charge in [-0.3, -0.25) is 0 Å². The summed E-state index contributed by atoms with van der Waals surface area (Å²) in [6, 6.07) is 5.28. The number of rotatable bonds is 4. The van der Waals surface area contributed by atoms with Crippen LogP contribution in [0.25, 0.3) is 0 Å². The molecule has 0 aliphatic carbocycles. The SMILES string of the molecule is C=CCNC(=S)N1CCN(S(=O)(=O)c2ccc(C)c(C)c2)CC1. The van der Waals surface area contributed by atoms with Crippen molar-refractivity contribution in [1.29, 1.82) is 0 Å². The number of piperazine rings is 1. The first-order valence-electron chi connectivity index (χ1n) is 7.57. The second-order valence-corrected chi connectivity index (χ2v) is 7.94. The lowest BCUT2D eigenvalue weighted by molar-refractivity contribution is 0.264. The summed E-state index contributed by atoms with van der Waals surface area (Å²) in [5.41, 5.74) is 2.08. The van der Waals surface area contributed by atoms with Crippen molar-refractivity contribution in [2.45, 2.75) is 18.7 Å². The average molecular weight is 354 g/mol. The molecule has 0 radical (unpaired) electrons. The molecule has 0 saturated carbocycles. The van der Waals surface area contributed by atoms with Crippen LogP contribution in [0.3, 0.4) is 0 Å². The Morgan fingerprint density at radius 2 is 1.91 bits per heavy atom. The molecule has 23 heavy (non-hydrogen) atoms. The number of hydrogen-bond acceptors (Lipinski definition) is 3. The predicted molar refractivity (Wildman–Crippen MR) is 97.0 cm³/mol. The molecule has 1 saturated heterocycles. The summed E-state index contributed by atoms with van der Waals surface area (Å²) in [7, 11) is -3.44. The molecule has 0 aromatic heterocycles. The summed E-state index contributed by atoms with van der Waals surface area (Å²) in [4.78, 5) is 2.35. The lowest BCUT2D eigenvalue weighted by Gasteiger charge is -2.35. The van der Waals surface area contributed by atoms with Crippen LogP contribution in [0.5, 0.6) is 0 Å². The van der Waals surface area contributed by atoms with E-state index >= 15 is 0 Å². The average Bonchev–Trinajstić information content (AvgIpc) is 2.55. The van der Waals surface area contributed by atoms with Gasteiger partial charge in [0.15, 0.2) is 5.11 Å². The Morgan fingerprint density at radius 3 is 2.48 bits per heavy atom. The Bertz CT molecular complexity index is 693. The van der Waals surface area contributed by atoms with Crippen LogP contribution in [0, 0.1) is 13.8 Å². The molecule has 1 fully saturated rings. The molecule has 0 unspecified atom stereocenters. The van der Waals surface area contributed by atoms with E-state index in [1.165, 1.54) is 4.31 Å². The first-order valence-corrected chi connectivity index (χ1v) is 9.42. The zero-order valence-corrected chi connectivity index (χ0v) is 15.2. The molecule has 0 spiro atoms. The fourth-order valence-electron chi connectivity index (χ4n) is 2.43. The van der Waals surface area contributed by atoms with Gasteiger partial charge in [0.1, 0.15) is 0 Å². The maximum absolute atomic E-state index is 12.7. The van der Waals surface area contributed by atoms with Crippen LogP contribution in [0.4, 0.5) is 0 Å². The molecular formula is C16H23N3O2S2. The molecule has 5 nitrogen and oxygen atoms in total. The maximum Gasteiger partial charge on any atom is 0.243 e. The van der Waals surface area contributed by atoms with Gasteiger partial charge in [-0.1, -0.05) is 12.1 Å². The van der Waals surface area contributed by atoms with Gasteiger partial charge in [0.05, 0.1) is 4.90 Å². The maximum atomic E-state index is 12.7. The molecule has 1 N–H and O–H groups in total. The highest BCUT2D eigenvalue weighted by molar-refractivity contribution is 7.89. The Kier molecular flexibility index (Phi) is 5.78. The van der Waals surface area contributed by atoms with Gasteiger partial charge in [-0.2, -0.15) is 4.31 Å². The summed E-state index contributed by atoms with van der Waals surface area (Å²) in [5.74, 6) is 0. The fraction of sp³-hybridized carbons (Fsp3) is 0.438. The second-order valence-electron chi connectivity index (χ2n) is 5.61. The van der Waals surface area contributed by atoms with Crippen molar-refractivity contribution in [3.8, 4) is 0 Å². The minimum Gasteiger partial charge on any atom is -0.359 e. The van der Waals surface area contributed by atoms with Crippen molar-refractivity contribution in [2.75, 3.05) is 32.7 Å². The number of sulfonamides is 1. The normalized spacial score (nSPS) is 16.2. The summed E-state index contributed by atoms with van der Waals surface area (Å²) >= 11 is 5.30. The van der Waals surface area contributed by atoms with Gasteiger partial charge >= 0.3 is 0 Å². The monoisotopic (exact) mass is 353 g/mol. The lowest BCUT2D eigenvalue weighted by atomic mass is 10.1. The van der Waals surface area contributed by atoms with Crippen molar-refractivity contribution in [2.24, 2.45) is 0 Å². The van der Waals surface area contributed by atoms with Crippen LogP contribution in [-0.4, -0.2) is 55.5 Å². The van der Waals surface area contributed by atoms with Crippen LogP contribution in [0.15, 0.2) is 35.7 Å². The number of thiocarbonyl (C=S) groups is 1. The van der Waals surface area contributed by atoms with E-state index in [0.29, 0.717) is 42.7 Å². The fourth-order valence-corrected chi connectivity index (χ4v) is 4.20. The molecule has 1 aliphatic heterocycles. The minimum absolute atomic E-state index is 0.362. The molecular weight excluding hydrogens is 330 g/mol. The van der Waals surface area contributed by atoms with E-state index in [1.807, 2.05) is 24.8 Å². The molecule has 1 heterocycles. The van der Waals surface area contributed by atoms with Gasteiger partial charge < -0.3 is 10.2 Å². The zero-order valence-electron chi connectivity index (χ0n) is 13.6. The lowest BCUT2D eigenvalue weighted by Crippen LogP contribution is -2.53. The Balaban J connectivity index is 2.05. The van der Waals surface area contributed by atoms with E-state index in [2.05, 4.69) is 11.9 Å². The molecule has 0 atom stereocenters. The van der Waals surface area contributed by atoms with E-state index in [-0.39, 0.29) is 0 Å². The van der Waals surface area contributed by atoms with Crippen molar-refractivity contribution in [3.63, 3.8) is 0 Å². The van der Waals surface area contributed by atoms with Gasteiger partial charge in [0, 0.05) is 32.7 Å². The Morgan fingerprint density at radius 1 is 1.26 bits per heavy atom. The van der Waals surface area contributed by atoms with E-state index in [4.69, 9.17) is 12.2 Å². The summed E-state index contributed by atoms with van der Waals surface area (Å²) in [6.07, 6.45) is 1.74. The van der Waals surface area contributed by atoms with Gasteiger partial charge in [0.2, 0.25) is 10.0 Å². The molecule has 7 heteroatoms. The first kappa shape index (κ1) is 17.9. The third-order valence-corrected chi connectivity index (χ3v) is 6.34. The molecule has 0 bridgehead atoms. The molecule has 0 amide bonds. The van der Waals surface area contributed by atoms with Crippen LogP contribution in [-0.2, 0) is 10.0 Å². The van der Waals surface area contributed by atoms with Gasteiger partial charge in [-0.05, 0) is 49.3 Å². The number of nitrogens with zero attached hydrogens (tertiary/aromatic N) is 2. The van der Waals surface area contributed by atoms with E-state index in [9.17, 15) is 8.42 Å². The third-order valence-electron chi connectivity index (χ3n) is 4.04. The van der Waals surface area contributed by atoms with Crippen LogP contribution in [0.1, 0.15) is 11.1 Å². The largest absolute Gasteiger partial charge is 0.359 e. The van der Waals surface area contributed by atoms with Gasteiger partial charge in [0.25, 0.3) is 0 Å². The Labute approximate surface area is 144 Å². The molecule has 126 valence electrons. The number of benzene rings is 1. The quantitative estimate of drug-likeness (QED) is 0.659. The minimum atomic E-state index is -3.44. The smallest absolute Gasteiger partial charge is 0.243 e. The van der Waals surface area contributed by atoms with E-state index in [0.717, 1.165) is 11.1 Å². The van der Waals surface area contributed by atoms with Crippen molar-refractivity contribution in [1.82, 2.24) is 14.5 Å². The molecule has 2 rings (SSSR count). The number of hydrogen-bond donors (Lipinski definition) is 1. The molecule has 1 aromatic rings.